The summed E-state index contributed by atoms with van der Waals surface area (Å²) in [6.07, 6.45) is 6.08. The molecule has 0 bridgehead atoms. The van der Waals surface area contributed by atoms with Crippen molar-refractivity contribution >= 4 is 0 Å². The van der Waals surface area contributed by atoms with Crippen LogP contribution in [0.25, 0.3) is 0 Å². The number of hydrogen-bond donors (Lipinski definition) is 1. The molecule has 3 rings (SSSR count). The maximum Gasteiger partial charge on any atom is 0.122 e. The maximum atomic E-state index is 6.26. The first kappa shape index (κ1) is 12.9. The summed E-state index contributed by atoms with van der Waals surface area (Å²) in [5.41, 5.74) is 9.00. The van der Waals surface area contributed by atoms with Crippen LogP contribution in [0.5, 0.6) is 5.75 Å². The molecule has 2 unspecified atom stereocenters. The lowest BCUT2D eigenvalue weighted by Gasteiger charge is -2.36. The highest BCUT2D eigenvalue weighted by atomic mass is 16.5. The van der Waals surface area contributed by atoms with Gasteiger partial charge in [0.15, 0.2) is 0 Å². The van der Waals surface area contributed by atoms with Crippen molar-refractivity contribution in [2.75, 3.05) is 13.7 Å². The van der Waals surface area contributed by atoms with E-state index in [1.165, 1.54) is 36.8 Å². The fraction of sp³-hybridized carbons (Fsp3) is 0.625. The Morgan fingerprint density at radius 1 is 1.32 bits per heavy atom. The fourth-order valence-electron chi connectivity index (χ4n) is 3.43. The summed E-state index contributed by atoms with van der Waals surface area (Å²) in [4.78, 5) is 2.43. The van der Waals surface area contributed by atoms with Gasteiger partial charge in [0.2, 0.25) is 0 Å². The third-order valence-corrected chi connectivity index (χ3v) is 4.53. The van der Waals surface area contributed by atoms with Crippen molar-refractivity contribution in [2.45, 2.75) is 50.7 Å². The van der Waals surface area contributed by atoms with E-state index in [-0.39, 0.29) is 0 Å². The van der Waals surface area contributed by atoms with Gasteiger partial charge >= 0.3 is 0 Å². The summed E-state index contributed by atoms with van der Waals surface area (Å²) < 4.78 is 5.56. The predicted molar refractivity (Wildman–Crippen MR) is 77.3 cm³/mol. The number of benzene rings is 1. The topological polar surface area (TPSA) is 38.5 Å². The molecule has 104 valence electrons. The highest BCUT2D eigenvalue weighted by Gasteiger charge is 2.25. The maximum absolute atomic E-state index is 6.26. The molecule has 1 aromatic rings. The summed E-state index contributed by atoms with van der Waals surface area (Å²) in [6, 6.07) is 7.49. The fourth-order valence-corrected chi connectivity index (χ4v) is 3.43. The van der Waals surface area contributed by atoms with Gasteiger partial charge in [-0.25, -0.2) is 0 Å². The second kappa shape index (κ2) is 5.51. The number of nitrogens with two attached hydrogens (primary N) is 1. The minimum absolute atomic E-state index is 0.344. The number of rotatable bonds is 3. The molecule has 1 aliphatic carbocycles. The first-order chi connectivity index (χ1) is 9.24. The molecule has 2 aliphatic rings. The van der Waals surface area contributed by atoms with Crippen molar-refractivity contribution in [2.24, 2.45) is 5.73 Å². The molecule has 3 nitrogen and oxygen atoms in total. The van der Waals surface area contributed by atoms with E-state index in [9.17, 15) is 0 Å². The zero-order valence-electron chi connectivity index (χ0n) is 11.8. The normalized spacial score (nSPS) is 26.3. The quantitative estimate of drug-likeness (QED) is 0.906. The molecule has 0 spiro atoms. The van der Waals surface area contributed by atoms with E-state index in [1.54, 1.807) is 0 Å². The van der Waals surface area contributed by atoms with Crippen LogP contribution in [0.15, 0.2) is 18.2 Å². The van der Waals surface area contributed by atoms with Gasteiger partial charge in [0.25, 0.3) is 0 Å². The zero-order valence-corrected chi connectivity index (χ0v) is 11.8. The Kier molecular flexibility index (Phi) is 3.76. The Morgan fingerprint density at radius 3 is 3.00 bits per heavy atom. The zero-order chi connectivity index (χ0) is 13.2. The van der Waals surface area contributed by atoms with Crippen LogP contribution in [0.4, 0.5) is 0 Å². The van der Waals surface area contributed by atoms with Crippen molar-refractivity contribution in [3.05, 3.63) is 29.3 Å². The third-order valence-electron chi connectivity index (χ3n) is 4.53. The average Bonchev–Trinajstić information content (AvgIpc) is 2.86. The van der Waals surface area contributed by atoms with E-state index in [1.807, 2.05) is 0 Å². The van der Waals surface area contributed by atoms with Gasteiger partial charge in [0, 0.05) is 25.0 Å². The minimum Gasteiger partial charge on any atom is -0.493 e. The molecule has 1 fully saturated rings. The summed E-state index contributed by atoms with van der Waals surface area (Å²) in [5.74, 6) is 1.07. The molecule has 0 aromatic heterocycles. The largest absolute Gasteiger partial charge is 0.493 e. The summed E-state index contributed by atoms with van der Waals surface area (Å²) in [5, 5.41) is 0. The molecule has 1 heterocycles. The number of fused-ring (bicyclic) bond motifs is 1. The van der Waals surface area contributed by atoms with Crippen molar-refractivity contribution in [1.82, 2.24) is 4.90 Å². The van der Waals surface area contributed by atoms with E-state index in [2.05, 4.69) is 30.1 Å². The molecule has 2 N–H and O–H groups in total. The van der Waals surface area contributed by atoms with Gasteiger partial charge in [-0.15, -0.1) is 0 Å². The molecule has 0 saturated heterocycles. The smallest absolute Gasteiger partial charge is 0.122 e. The Labute approximate surface area is 115 Å². The molecule has 3 heteroatoms. The van der Waals surface area contributed by atoms with Crippen LogP contribution in [-0.2, 0) is 13.0 Å². The van der Waals surface area contributed by atoms with Gasteiger partial charge in [-0.2, -0.15) is 0 Å². The lowest BCUT2D eigenvalue weighted by Crippen LogP contribution is -2.47. The van der Waals surface area contributed by atoms with Crippen LogP contribution in [-0.4, -0.2) is 30.6 Å². The Morgan fingerprint density at radius 2 is 2.16 bits per heavy atom. The van der Waals surface area contributed by atoms with Gasteiger partial charge in [0.05, 0.1) is 6.61 Å². The molecular formula is C16H24N2O. The molecule has 1 aromatic carbocycles. The van der Waals surface area contributed by atoms with Crippen molar-refractivity contribution in [1.29, 1.82) is 0 Å². The second-order valence-corrected chi connectivity index (χ2v) is 5.97. The second-order valence-electron chi connectivity index (χ2n) is 5.97. The third kappa shape index (κ3) is 2.77. The van der Waals surface area contributed by atoms with Gasteiger partial charge in [-0.1, -0.05) is 25.0 Å². The van der Waals surface area contributed by atoms with Crippen LogP contribution in [0.1, 0.15) is 36.8 Å². The molecule has 0 radical (unpaired) electrons. The minimum atomic E-state index is 0.344. The lowest BCUT2D eigenvalue weighted by molar-refractivity contribution is 0.162. The van der Waals surface area contributed by atoms with E-state index in [0.29, 0.717) is 12.1 Å². The Bertz CT molecular complexity index is 446. The Hall–Kier alpha value is -1.06. The molecular weight excluding hydrogens is 236 g/mol. The highest BCUT2D eigenvalue weighted by Crippen LogP contribution is 2.27. The first-order valence-corrected chi connectivity index (χ1v) is 7.44. The Balaban J connectivity index is 1.67. The standard InChI is InChI=1S/C16H24N2O/c1-18(15-5-3-2-4-14(15)17)11-12-6-7-16-13(10-12)8-9-19-16/h6-7,10,14-15H,2-5,8-9,11,17H2,1H3. The number of ether oxygens (including phenoxy) is 1. The summed E-state index contributed by atoms with van der Waals surface area (Å²) in [7, 11) is 2.21. The van der Waals surface area contributed by atoms with Crippen molar-refractivity contribution < 1.29 is 4.74 Å². The van der Waals surface area contributed by atoms with Crippen LogP contribution >= 0.6 is 0 Å². The molecule has 2 atom stereocenters. The van der Waals surface area contributed by atoms with E-state index < -0.39 is 0 Å². The summed E-state index contributed by atoms with van der Waals surface area (Å²) >= 11 is 0. The lowest BCUT2D eigenvalue weighted by atomic mass is 9.90. The van der Waals surface area contributed by atoms with Crippen molar-refractivity contribution in [3.8, 4) is 5.75 Å². The van der Waals surface area contributed by atoms with Gasteiger partial charge < -0.3 is 10.5 Å². The van der Waals surface area contributed by atoms with Gasteiger partial charge in [-0.3, -0.25) is 4.90 Å². The number of likely N-dealkylation sites (N-methyl/N-ethyl adjacent to an activating group) is 1. The number of hydrogen-bond acceptors (Lipinski definition) is 3. The first-order valence-electron chi connectivity index (χ1n) is 7.44. The van der Waals surface area contributed by atoms with Crippen LogP contribution in [0.3, 0.4) is 0 Å². The van der Waals surface area contributed by atoms with Crippen LogP contribution in [0.2, 0.25) is 0 Å². The number of nitrogens with zero attached hydrogens (tertiary/aromatic N) is 1. The van der Waals surface area contributed by atoms with Crippen molar-refractivity contribution in [3.63, 3.8) is 0 Å². The van der Waals surface area contributed by atoms with Gasteiger partial charge in [-0.05, 0) is 37.1 Å². The van der Waals surface area contributed by atoms with Gasteiger partial charge in [0.1, 0.15) is 5.75 Å². The monoisotopic (exact) mass is 260 g/mol. The SMILES string of the molecule is CN(Cc1ccc2c(c1)CCO2)C1CCCCC1N. The molecule has 19 heavy (non-hydrogen) atoms. The predicted octanol–water partition coefficient (Wildman–Crippen LogP) is 2.32. The van der Waals surface area contributed by atoms with E-state index >= 15 is 0 Å². The van der Waals surface area contributed by atoms with E-state index in [0.717, 1.165) is 25.3 Å². The molecule has 1 saturated carbocycles. The molecule has 0 amide bonds. The molecule has 1 aliphatic heterocycles. The van der Waals surface area contributed by atoms with Crippen LogP contribution < -0.4 is 10.5 Å². The van der Waals surface area contributed by atoms with E-state index in [4.69, 9.17) is 10.5 Å². The summed E-state index contributed by atoms with van der Waals surface area (Å²) in [6.45, 7) is 1.83. The highest BCUT2D eigenvalue weighted by molar-refractivity contribution is 5.39. The van der Waals surface area contributed by atoms with Crippen LogP contribution in [0, 0.1) is 0 Å². The average molecular weight is 260 g/mol.